The van der Waals surface area contributed by atoms with E-state index in [9.17, 15) is 9.90 Å². The minimum atomic E-state index is -0.833. The van der Waals surface area contributed by atoms with Crippen molar-refractivity contribution in [3.8, 4) is 0 Å². The quantitative estimate of drug-likeness (QED) is 0.793. The zero-order valence-electron chi connectivity index (χ0n) is 10.0. The number of carboxylic acid groups (broad SMARTS) is 1. The third kappa shape index (κ3) is 3.94. The largest absolute Gasteiger partial charge is 0.481 e. The molecule has 0 fully saturated rings. The number of rotatable bonds is 4. The van der Waals surface area contributed by atoms with Crippen molar-refractivity contribution in [3.05, 3.63) is 68.3 Å². The van der Waals surface area contributed by atoms with Crippen LogP contribution in [0.3, 0.4) is 0 Å². The standard InChI is InChI=1S/C15H12ClIO2/c16-12-3-1-2-11(9-12)14(15(18)19)8-10-4-6-13(17)7-5-10/h1-7,9,14H,8H2,(H,18,19). The number of hydrogen-bond donors (Lipinski definition) is 1. The molecule has 0 bridgehead atoms. The van der Waals surface area contributed by atoms with Crippen molar-refractivity contribution in [1.29, 1.82) is 0 Å². The van der Waals surface area contributed by atoms with E-state index in [1.54, 1.807) is 24.3 Å². The van der Waals surface area contributed by atoms with Gasteiger partial charge in [-0.3, -0.25) is 4.79 Å². The van der Waals surface area contributed by atoms with Crippen LogP contribution in [0.2, 0.25) is 5.02 Å². The molecule has 1 atom stereocenters. The maximum absolute atomic E-state index is 11.4. The molecule has 1 unspecified atom stereocenters. The Morgan fingerprint density at radius 1 is 1.21 bits per heavy atom. The Hall–Kier alpha value is -1.07. The molecule has 0 aliphatic carbocycles. The monoisotopic (exact) mass is 386 g/mol. The number of carbonyl (C=O) groups is 1. The van der Waals surface area contributed by atoms with E-state index in [2.05, 4.69) is 22.6 Å². The Bertz CT molecular complexity index is 581. The highest BCUT2D eigenvalue weighted by Gasteiger charge is 2.20. The van der Waals surface area contributed by atoms with Gasteiger partial charge in [0.25, 0.3) is 0 Å². The SMILES string of the molecule is O=C(O)C(Cc1ccc(I)cc1)c1cccc(Cl)c1. The summed E-state index contributed by atoms with van der Waals surface area (Å²) in [5.41, 5.74) is 1.74. The van der Waals surface area contributed by atoms with Gasteiger partial charge in [0.2, 0.25) is 0 Å². The summed E-state index contributed by atoms with van der Waals surface area (Å²) in [6.07, 6.45) is 0.465. The normalized spacial score (nSPS) is 12.1. The van der Waals surface area contributed by atoms with Crippen molar-refractivity contribution in [2.45, 2.75) is 12.3 Å². The summed E-state index contributed by atoms with van der Waals surface area (Å²) in [6.45, 7) is 0. The average molecular weight is 387 g/mol. The van der Waals surface area contributed by atoms with Crippen LogP contribution in [0.1, 0.15) is 17.0 Å². The van der Waals surface area contributed by atoms with Gasteiger partial charge >= 0.3 is 5.97 Å². The van der Waals surface area contributed by atoms with Crippen molar-refractivity contribution in [2.24, 2.45) is 0 Å². The Morgan fingerprint density at radius 3 is 2.47 bits per heavy atom. The Morgan fingerprint density at radius 2 is 1.89 bits per heavy atom. The molecular formula is C15H12ClIO2. The molecule has 0 saturated heterocycles. The molecule has 0 heterocycles. The van der Waals surface area contributed by atoms with E-state index in [0.717, 1.165) is 14.7 Å². The Labute approximate surface area is 130 Å². The molecule has 1 N–H and O–H groups in total. The van der Waals surface area contributed by atoms with Crippen LogP contribution in [-0.4, -0.2) is 11.1 Å². The molecule has 19 heavy (non-hydrogen) atoms. The highest BCUT2D eigenvalue weighted by molar-refractivity contribution is 14.1. The van der Waals surface area contributed by atoms with Gasteiger partial charge in [0.05, 0.1) is 5.92 Å². The summed E-state index contributed by atoms with van der Waals surface area (Å²) >= 11 is 8.15. The van der Waals surface area contributed by atoms with Gasteiger partial charge in [-0.1, -0.05) is 35.9 Å². The fraction of sp³-hybridized carbons (Fsp3) is 0.133. The summed E-state index contributed by atoms with van der Waals surface area (Å²) < 4.78 is 1.14. The first kappa shape index (κ1) is 14.3. The molecule has 2 rings (SSSR count). The van der Waals surface area contributed by atoms with Crippen molar-refractivity contribution < 1.29 is 9.90 Å². The summed E-state index contributed by atoms with van der Waals surface area (Å²) in [5, 5.41) is 9.95. The molecule has 98 valence electrons. The fourth-order valence-corrected chi connectivity index (χ4v) is 2.49. The Balaban J connectivity index is 2.26. The molecule has 0 radical (unpaired) electrons. The maximum atomic E-state index is 11.4. The molecule has 0 amide bonds. The van der Waals surface area contributed by atoms with Crippen molar-refractivity contribution in [3.63, 3.8) is 0 Å². The third-order valence-electron chi connectivity index (χ3n) is 2.90. The van der Waals surface area contributed by atoms with Crippen LogP contribution in [0.4, 0.5) is 0 Å². The molecular weight excluding hydrogens is 375 g/mol. The minimum absolute atomic E-state index is 0.465. The predicted molar refractivity (Wildman–Crippen MR) is 84.7 cm³/mol. The zero-order valence-corrected chi connectivity index (χ0v) is 12.9. The van der Waals surface area contributed by atoms with Crippen LogP contribution in [0.15, 0.2) is 48.5 Å². The average Bonchev–Trinajstić information content (AvgIpc) is 2.37. The Kier molecular flexibility index (Phi) is 4.82. The topological polar surface area (TPSA) is 37.3 Å². The first-order chi connectivity index (χ1) is 9.06. The highest BCUT2D eigenvalue weighted by Crippen LogP contribution is 2.24. The number of halogens is 2. The minimum Gasteiger partial charge on any atom is -0.481 e. The fourth-order valence-electron chi connectivity index (χ4n) is 1.93. The second-order valence-electron chi connectivity index (χ2n) is 4.28. The van der Waals surface area contributed by atoms with Crippen LogP contribution in [0, 0.1) is 3.57 Å². The lowest BCUT2D eigenvalue weighted by atomic mass is 9.92. The second-order valence-corrected chi connectivity index (χ2v) is 5.96. The summed E-state index contributed by atoms with van der Waals surface area (Å²) in [4.78, 5) is 11.4. The summed E-state index contributed by atoms with van der Waals surface area (Å²) in [6, 6.07) is 14.9. The molecule has 2 nitrogen and oxygen atoms in total. The highest BCUT2D eigenvalue weighted by atomic mass is 127. The van der Waals surface area contributed by atoms with Crippen LogP contribution < -0.4 is 0 Å². The second kappa shape index (κ2) is 6.39. The summed E-state index contributed by atoms with van der Waals surface area (Å²) in [7, 11) is 0. The summed E-state index contributed by atoms with van der Waals surface area (Å²) in [5.74, 6) is -1.40. The number of hydrogen-bond acceptors (Lipinski definition) is 1. The van der Waals surface area contributed by atoms with Gasteiger partial charge in [0, 0.05) is 8.59 Å². The first-order valence-corrected chi connectivity index (χ1v) is 7.24. The lowest BCUT2D eigenvalue weighted by Crippen LogP contribution is -2.14. The van der Waals surface area contributed by atoms with Crippen LogP contribution >= 0.6 is 34.2 Å². The van der Waals surface area contributed by atoms with Gasteiger partial charge in [-0.05, 0) is 64.4 Å². The van der Waals surface area contributed by atoms with Crippen molar-refractivity contribution in [2.75, 3.05) is 0 Å². The molecule has 0 saturated carbocycles. The van der Waals surface area contributed by atoms with E-state index >= 15 is 0 Å². The van der Waals surface area contributed by atoms with Crippen LogP contribution in [0.5, 0.6) is 0 Å². The van der Waals surface area contributed by atoms with Gasteiger partial charge in [0.1, 0.15) is 0 Å². The van der Waals surface area contributed by atoms with Gasteiger partial charge in [-0.2, -0.15) is 0 Å². The maximum Gasteiger partial charge on any atom is 0.311 e. The van der Waals surface area contributed by atoms with E-state index in [0.29, 0.717) is 11.4 Å². The van der Waals surface area contributed by atoms with Crippen LogP contribution in [0.25, 0.3) is 0 Å². The molecule has 2 aromatic rings. The molecule has 4 heteroatoms. The first-order valence-electron chi connectivity index (χ1n) is 5.79. The van der Waals surface area contributed by atoms with Gasteiger partial charge in [-0.15, -0.1) is 0 Å². The molecule has 2 aromatic carbocycles. The number of aliphatic carboxylic acids is 1. The van der Waals surface area contributed by atoms with E-state index in [4.69, 9.17) is 11.6 Å². The molecule has 0 aromatic heterocycles. The van der Waals surface area contributed by atoms with Crippen LogP contribution in [-0.2, 0) is 11.2 Å². The van der Waals surface area contributed by atoms with Gasteiger partial charge < -0.3 is 5.11 Å². The number of benzene rings is 2. The smallest absolute Gasteiger partial charge is 0.311 e. The van der Waals surface area contributed by atoms with Crippen molar-refractivity contribution >= 4 is 40.2 Å². The molecule has 0 aliphatic heterocycles. The molecule has 0 aliphatic rings. The van der Waals surface area contributed by atoms with Crippen molar-refractivity contribution in [1.82, 2.24) is 0 Å². The van der Waals surface area contributed by atoms with E-state index in [1.165, 1.54) is 0 Å². The predicted octanol–water partition coefficient (Wildman–Crippen LogP) is 4.36. The van der Waals surface area contributed by atoms with E-state index in [1.807, 2.05) is 24.3 Å². The van der Waals surface area contributed by atoms with Gasteiger partial charge in [0.15, 0.2) is 0 Å². The molecule has 0 spiro atoms. The third-order valence-corrected chi connectivity index (χ3v) is 3.86. The van der Waals surface area contributed by atoms with Gasteiger partial charge in [-0.25, -0.2) is 0 Å². The van der Waals surface area contributed by atoms with E-state index in [-0.39, 0.29) is 0 Å². The number of carboxylic acids is 1. The van der Waals surface area contributed by atoms with E-state index < -0.39 is 11.9 Å². The lowest BCUT2D eigenvalue weighted by molar-refractivity contribution is -0.138. The zero-order chi connectivity index (χ0) is 13.8. The lowest BCUT2D eigenvalue weighted by Gasteiger charge is -2.13.